The number of anilines is 1. The highest BCUT2D eigenvalue weighted by Gasteiger charge is 2.70. The van der Waals surface area contributed by atoms with Crippen LogP contribution in [0.2, 0.25) is 0 Å². The van der Waals surface area contributed by atoms with E-state index in [2.05, 4.69) is 10.3 Å². The molecule has 3 aromatic heterocycles. The molecule has 1 N–H and O–H groups in total. The molecule has 0 radical (unpaired) electrons. The zero-order valence-electron chi connectivity index (χ0n) is 15.2. The fraction of sp³-hybridized carbons (Fsp3) is 0.350. The van der Waals surface area contributed by atoms with E-state index in [1.54, 1.807) is 44.8 Å². The molecule has 0 spiro atoms. The molecule has 0 unspecified atom stereocenters. The predicted octanol–water partition coefficient (Wildman–Crippen LogP) is 2.81. The number of methoxy groups -OCH3 is 2. The molecule has 3 aliphatic rings. The third-order valence-corrected chi connectivity index (χ3v) is 5.88. The minimum Gasteiger partial charge on any atom is -0.496 e. The van der Waals surface area contributed by atoms with E-state index >= 15 is 0 Å². The second-order valence-electron chi connectivity index (χ2n) is 7.51. The smallest absolute Gasteiger partial charge is 0.262 e. The van der Waals surface area contributed by atoms with Gasteiger partial charge in [-0.2, -0.15) is 0 Å². The Morgan fingerprint density at radius 3 is 2.70 bits per heavy atom. The minimum absolute atomic E-state index is 0.0707. The number of rotatable bonds is 5. The molecular weight excluding hydrogens is 344 g/mol. The monoisotopic (exact) mass is 364 g/mol. The first-order valence-corrected chi connectivity index (χ1v) is 8.91. The molecular formula is C20H20N4O3. The SMILES string of the molecule is COc1cc2nc(C34CC(OC)(C3)C4)cn2cc1C(=O)Nc1ccccn1. The van der Waals surface area contributed by atoms with Crippen LogP contribution in [-0.4, -0.2) is 40.1 Å². The maximum absolute atomic E-state index is 12.7. The lowest BCUT2D eigenvalue weighted by Crippen LogP contribution is -2.70. The molecule has 6 rings (SSSR count). The van der Waals surface area contributed by atoms with Crippen LogP contribution in [0.25, 0.3) is 5.65 Å². The van der Waals surface area contributed by atoms with Crippen LogP contribution in [0.1, 0.15) is 35.3 Å². The van der Waals surface area contributed by atoms with E-state index in [-0.39, 0.29) is 16.9 Å². The van der Waals surface area contributed by atoms with Crippen molar-refractivity contribution in [2.45, 2.75) is 30.3 Å². The lowest BCUT2D eigenvalue weighted by molar-refractivity contribution is -0.233. The van der Waals surface area contributed by atoms with Gasteiger partial charge in [0, 0.05) is 37.2 Å². The molecule has 0 saturated heterocycles. The van der Waals surface area contributed by atoms with Crippen molar-refractivity contribution in [3.05, 3.63) is 54.1 Å². The van der Waals surface area contributed by atoms with Crippen molar-refractivity contribution in [1.29, 1.82) is 0 Å². The lowest BCUT2D eigenvalue weighted by atomic mass is 9.40. The first-order chi connectivity index (χ1) is 13.1. The Morgan fingerprint density at radius 1 is 1.22 bits per heavy atom. The lowest BCUT2D eigenvalue weighted by Gasteiger charge is -2.68. The van der Waals surface area contributed by atoms with Gasteiger partial charge in [-0.3, -0.25) is 4.79 Å². The van der Waals surface area contributed by atoms with Crippen LogP contribution in [-0.2, 0) is 10.2 Å². The fourth-order valence-electron chi connectivity index (χ4n) is 4.41. The third-order valence-electron chi connectivity index (χ3n) is 5.88. The van der Waals surface area contributed by atoms with Gasteiger partial charge in [-0.15, -0.1) is 0 Å². The Kier molecular flexibility index (Phi) is 3.33. The van der Waals surface area contributed by atoms with Gasteiger partial charge >= 0.3 is 0 Å². The number of aromatic nitrogens is 3. The largest absolute Gasteiger partial charge is 0.496 e. The summed E-state index contributed by atoms with van der Waals surface area (Å²) in [4.78, 5) is 21.6. The van der Waals surface area contributed by atoms with Crippen molar-refractivity contribution in [2.75, 3.05) is 19.5 Å². The second kappa shape index (κ2) is 5.53. The number of nitrogens with one attached hydrogen (secondary N) is 1. The summed E-state index contributed by atoms with van der Waals surface area (Å²) in [5, 5.41) is 2.80. The summed E-state index contributed by atoms with van der Waals surface area (Å²) >= 11 is 0. The number of pyridine rings is 2. The molecule has 138 valence electrons. The highest BCUT2D eigenvalue weighted by atomic mass is 16.5. The van der Waals surface area contributed by atoms with Gasteiger partial charge in [-0.25, -0.2) is 9.97 Å². The van der Waals surface area contributed by atoms with E-state index in [1.165, 1.54) is 0 Å². The molecule has 27 heavy (non-hydrogen) atoms. The number of fused-ring (bicyclic) bond motifs is 1. The Bertz CT molecular complexity index is 1020. The van der Waals surface area contributed by atoms with Gasteiger partial charge in [-0.05, 0) is 31.4 Å². The van der Waals surface area contributed by atoms with Crippen LogP contribution >= 0.6 is 0 Å². The Labute approximate surface area is 156 Å². The molecule has 1 amide bonds. The van der Waals surface area contributed by atoms with Gasteiger partial charge < -0.3 is 19.2 Å². The Morgan fingerprint density at radius 2 is 2.04 bits per heavy atom. The van der Waals surface area contributed by atoms with Crippen molar-refractivity contribution in [3.63, 3.8) is 0 Å². The average molecular weight is 364 g/mol. The van der Waals surface area contributed by atoms with E-state index < -0.39 is 0 Å². The topological polar surface area (TPSA) is 77.8 Å². The fourth-order valence-corrected chi connectivity index (χ4v) is 4.41. The van der Waals surface area contributed by atoms with Crippen LogP contribution in [0.4, 0.5) is 5.82 Å². The maximum atomic E-state index is 12.7. The Balaban J connectivity index is 1.47. The van der Waals surface area contributed by atoms with Crippen molar-refractivity contribution in [3.8, 4) is 5.75 Å². The highest BCUT2D eigenvalue weighted by molar-refractivity contribution is 6.05. The van der Waals surface area contributed by atoms with Crippen molar-refractivity contribution in [2.24, 2.45) is 0 Å². The van der Waals surface area contributed by atoms with Gasteiger partial charge in [-0.1, -0.05) is 6.07 Å². The second-order valence-corrected chi connectivity index (χ2v) is 7.51. The molecule has 3 fully saturated rings. The van der Waals surface area contributed by atoms with E-state index in [0.717, 1.165) is 30.6 Å². The number of imidazole rings is 1. The molecule has 3 saturated carbocycles. The number of ether oxygens (including phenoxy) is 2. The summed E-state index contributed by atoms with van der Waals surface area (Å²) in [5.41, 5.74) is 2.47. The van der Waals surface area contributed by atoms with E-state index in [9.17, 15) is 4.79 Å². The summed E-state index contributed by atoms with van der Waals surface area (Å²) < 4.78 is 12.9. The summed E-state index contributed by atoms with van der Waals surface area (Å²) in [6.45, 7) is 0. The van der Waals surface area contributed by atoms with Crippen LogP contribution < -0.4 is 10.1 Å². The van der Waals surface area contributed by atoms with Crippen molar-refractivity contribution in [1.82, 2.24) is 14.4 Å². The zero-order valence-corrected chi connectivity index (χ0v) is 15.2. The summed E-state index contributed by atoms with van der Waals surface area (Å²) in [7, 11) is 3.33. The van der Waals surface area contributed by atoms with Gasteiger partial charge in [0.05, 0.1) is 24.0 Å². The van der Waals surface area contributed by atoms with Crippen LogP contribution in [0.3, 0.4) is 0 Å². The standard InChI is InChI=1S/C20H20N4O3/c1-26-14-7-17-22-15(19-10-20(11-19,12-19)27-2)9-24(17)8-13(14)18(25)23-16-5-3-4-6-21-16/h3-9H,10-12H2,1-2H3,(H,21,23,25). The molecule has 3 aliphatic carbocycles. The van der Waals surface area contributed by atoms with Gasteiger partial charge in [0.25, 0.3) is 5.91 Å². The van der Waals surface area contributed by atoms with E-state index in [1.807, 2.05) is 16.7 Å². The summed E-state index contributed by atoms with van der Waals surface area (Å²) in [6.07, 6.45) is 8.47. The van der Waals surface area contributed by atoms with E-state index in [4.69, 9.17) is 14.5 Å². The number of hydrogen-bond donors (Lipinski definition) is 1. The summed E-state index contributed by atoms with van der Waals surface area (Å²) in [5.74, 6) is 0.709. The molecule has 0 atom stereocenters. The van der Waals surface area contributed by atoms with Gasteiger partial charge in [0.1, 0.15) is 17.2 Å². The minimum atomic E-state index is -0.272. The number of carbonyl (C=O) groups excluding carboxylic acids is 1. The highest BCUT2D eigenvalue weighted by Crippen LogP contribution is 2.69. The van der Waals surface area contributed by atoms with Crippen molar-refractivity contribution >= 4 is 17.4 Å². The quantitative estimate of drug-likeness (QED) is 0.753. The molecule has 0 aliphatic heterocycles. The summed E-state index contributed by atoms with van der Waals surface area (Å²) in [6, 6.07) is 7.16. The first-order valence-electron chi connectivity index (χ1n) is 8.91. The van der Waals surface area contributed by atoms with Crippen LogP contribution in [0, 0.1) is 0 Å². The van der Waals surface area contributed by atoms with E-state index in [0.29, 0.717) is 17.1 Å². The molecule has 3 aromatic rings. The molecule has 3 heterocycles. The molecule has 7 nitrogen and oxygen atoms in total. The average Bonchev–Trinajstić information content (AvgIpc) is 3.02. The molecule has 7 heteroatoms. The number of amides is 1. The van der Waals surface area contributed by atoms with Crippen LogP contribution in [0.5, 0.6) is 5.75 Å². The van der Waals surface area contributed by atoms with Gasteiger partial charge in [0.15, 0.2) is 0 Å². The number of nitrogens with zero attached hydrogens (tertiary/aromatic N) is 3. The predicted molar refractivity (Wildman–Crippen MR) is 99.2 cm³/mol. The van der Waals surface area contributed by atoms with Crippen LogP contribution in [0.15, 0.2) is 42.9 Å². The zero-order chi connectivity index (χ0) is 18.6. The molecule has 2 bridgehead atoms. The molecule has 0 aromatic carbocycles. The van der Waals surface area contributed by atoms with Gasteiger partial charge in [0.2, 0.25) is 0 Å². The third kappa shape index (κ3) is 2.35. The maximum Gasteiger partial charge on any atom is 0.262 e. The normalized spacial score (nSPS) is 25.6. The first kappa shape index (κ1) is 16.3. The Hall–Kier alpha value is -2.93. The number of carbonyl (C=O) groups is 1. The number of hydrogen-bond acceptors (Lipinski definition) is 5. The van der Waals surface area contributed by atoms with Crippen molar-refractivity contribution < 1.29 is 14.3 Å².